The molecule has 0 saturated heterocycles. The van der Waals surface area contributed by atoms with Crippen LogP contribution in [0.2, 0.25) is 0 Å². The number of nitrogens with two attached hydrogens (primary N) is 1. The van der Waals surface area contributed by atoms with Gasteiger partial charge in [0.25, 0.3) is 0 Å². The van der Waals surface area contributed by atoms with Gasteiger partial charge in [0.15, 0.2) is 0 Å². The van der Waals surface area contributed by atoms with Gasteiger partial charge in [0, 0.05) is 22.8 Å². The Balaban J connectivity index is 2.45. The summed E-state index contributed by atoms with van der Waals surface area (Å²) < 4.78 is 0. The Hall–Kier alpha value is -1.41. The molecule has 0 radical (unpaired) electrons. The molecule has 2 rings (SSSR count). The van der Waals surface area contributed by atoms with Crippen LogP contribution < -0.4 is 5.73 Å². The van der Waals surface area contributed by atoms with Crippen LogP contribution in [0, 0.1) is 6.92 Å². The van der Waals surface area contributed by atoms with Gasteiger partial charge in [-0.1, -0.05) is 18.2 Å². The van der Waals surface area contributed by atoms with Gasteiger partial charge in [-0.2, -0.15) is 0 Å². The summed E-state index contributed by atoms with van der Waals surface area (Å²) in [5.41, 5.74) is 8.23. The third-order valence-electron chi connectivity index (χ3n) is 2.69. The Morgan fingerprint density at radius 2 is 2.00 bits per heavy atom. The fourth-order valence-electron chi connectivity index (χ4n) is 2.01. The lowest BCUT2D eigenvalue weighted by Gasteiger charge is -2.18. The minimum Gasteiger partial charge on any atom is -0.325 e. The predicted octanol–water partition coefficient (Wildman–Crippen LogP) is 2.82. The van der Waals surface area contributed by atoms with Gasteiger partial charge in [0.2, 0.25) is 0 Å². The second-order valence-corrected chi connectivity index (χ2v) is 5.12. The average molecular weight is 214 g/mol. The quantitative estimate of drug-likeness (QED) is 0.835. The first-order valence-corrected chi connectivity index (χ1v) is 5.59. The number of nitrogens with zero attached hydrogens (tertiary/aromatic N) is 1. The van der Waals surface area contributed by atoms with Gasteiger partial charge in [-0.3, -0.25) is 4.98 Å². The molecule has 1 heterocycles. The van der Waals surface area contributed by atoms with Crippen molar-refractivity contribution in [1.82, 2.24) is 4.98 Å². The molecule has 0 fully saturated rings. The molecule has 2 nitrogen and oxygen atoms in total. The zero-order chi connectivity index (χ0) is 11.8. The van der Waals surface area contributed by atoms with E-state index in [-0.39, 0.29) is 5.54 Å². The van der Waals surface area contributed by atoms with Gasteiger partial charge < -0.3 is 5.73 Å². The van der Waals surface area contributed by atoms with E-state index in [1.54, 1.807) is 0 Å². The molecule has 1 aromatic heterocycles. The van der Waals surface area contributed by atoms with Crippen LogP contribution in [0.3, 0.4) is 0 Å². The van der Waals surface area contributed by atoms with E-state index in [4.69, 9.17) is 5.73 Å². The van der Waals surface area contributed by atoms with Crippen molar-refractivity contribution in [1.29, 1.82) is 0 Å². The molecule has 0 spiro atoms. The molecule has 16 heavy (non-hydrogen) atoms. The third kappa shape index (κ3) is 2.39. The minimum atomic E-state index is -0.157. The molecular weight excluding hydrogens is 196 g/mol. The Morgan fingerprint density at radius 3 is 2.69 bits per heavy atom. The van der Waals surface area contributed by atoms with Crippen molar-refractivity contribution in [3.63, 3.8) is 0 Å². The van der Waals surface area contributed by atoms with Gasteiger partial charge >= 0.3 is 0 Å². The second-order valence-electron chi connectivity index (χ2n) is 5.12. The van der Waals surface area contributed by atoms with Crippen molar-refractivity contribution >= 4 is 10.8 Å². The number of aryl methyl sites for hydroxylation is 1. The number of fused-ring (bicyclic) bond motifs is 1. The molecule has 2 aromatic rings. The van der Waals surface area contributed by atoms with Crippen molar-refractivity contribution in [2.75, 3.05) is 0 Å². The summed E-state index contributed by atoms with van der Waals surface area (Å²) in [6.45, 7) is 6.14. The molecule has 0 aliphatic rings. The lowest BCUT2D eigenvalue weighted by molar-refractivity contribution is 0.517. The number of hydrogen-bond acceptors (Lipinski definition) is 2. The topological polar surface area (TPSA) is 38.9 Å². The van der Waals surface area contributed by atoms with Crippen LogP contribution in [0.25, 0.3) is 10.8 Å². The van der Waals surface area contributed by atoms with Crippen LogP contribution in [0.15, 0.2) is 30.5 Å². The molecule has 0 saturated carbocycles. The van der Waals surface area contributed by atoms with Crippen LogP contribution in [0.5, 0.6) is 0 Å². The van der Waals surface area contributed by atoms with Crippen molar-refractivity contribution in [3.05, 3.63) is 41.7 Å². The summed E-state index contributed by atoms with van der Waals surface area (Å²) in [5.74, 6) is 0. The molecule has 84 valence electrons. The molecule has 0 aliphatic carbocycles. The smallest absolute Gasteiger partial charge is 0.0450 e. The van der Waals surface area contributed by atoms with E-state index in [0.717, 1.165) is 12.1 Å². The van der Waals surface area contributed by atoms with Crippen molar-refractivity contribution in [2.45, 2.75) is 32.7 Å². The van der Waals surface area contributed by atoms with E-state index in [2.05, 4.69) is 43.1 Å². The maximum atomic E-state index is 6.03. The molecular formula is C14H18N2. The fraction of sp³-hybridized carbons (Fsp3) is 0.357. The standard InChI is InChI=1S/C14H18N2/c1-10-13-5-4-11(9-14(2,3)15)8-12(13)6-7-16-10/h4-8H,9,15H2,1-3H3. The molecule has 0 aliphatic heterocycles. The normalized spacial score (nSPS) is 12.0. The van der Waals surface area contributed by atoms with E-state index in [0.29, 0.717) is 0 Å². The third-order valence-corrected chi connectivity index (χ3v) is 2.69. The highest BCUT2D eigenvalue weighted by atomic mass is 14.7. The van der Waals surface area contributed by atoms with Gasteiger partial charge in [0.05, 0.1) is 0 Å². The van der Waals surface area contributed by atoms with Crippen LogP contribution >= 0.6 is 0 Å². The second kappa shape index (κ2) is 3.87. The summed E-state index contributed by atoms with van der Waals surface area (Å²) in [4.78, 5) is 4.29. The van der Waals surface area contributed by atoms with E-state index >= 15 is 0 Å². The minimum absolute atomic E-state index is 0.157. The van der Waals surface area contributed by atoms with Crippen molar-refractivity contribution in [2.24, 2.45) is 5.73 Å². The Bertz CT molecular complexity index is 510. The Morgan fingerprint density at radius 1 is 1.25 bits per heavy atom. The molecule has 0 amide bonds. The van der Waals surface area contributed by atoms with Crippen LogP contribution in [-0.2, 0) is 6.42 Å². The zero-order valence-corrected chi connectivity index (χ0v) is 10.1. The van der Waals surface area contributed by atoms with Gasteiger partial charge in [-0.25, -0.2) is 0 Å². The highest BCUT2D eigenvalue weighted by Crippen LogP contribution is 2.20. The van der Waals surface area contributed by atoms with Crippen molar-refractivity contribution in [3.8, 4) is 0 Å². The first-order valence-electron chi connectivity index (χ1n) is 5.59. The average Bonchev–Trinajstić information content (AvgIpc) is 2.15. The maximum absolute atomic E-state index is 6.03. The first-order chi connectivity index (χ1) is 7.46. The largest absolute Gasteiger partial charge is 0.325 e. The molecule has 0 atom stereocenters. The number of rotatable bonds is 2. The SMILES string of the molecule is Cc1nccc2cc(CC(C)(C)N)ccc12. The number of aromatic nitrogens is 1. The lowest BCUT2D eigenvalue weighted by Crippen LogP contribution is -2.34. The van der Waals surface area contributed by atoms with Gasteiger partial charge in [-0.15, -0.1) is 0 Å². The Labute approximate surface area is 96.5 Å². The summed E-state index contributed by atoms with van der Waals surface area (Å²) in [7, 11) is 0. The summed E-state index contributed by atoms with van der Waals surface area (Å²) in [6, 6.07) is 8.54. The molecule has 2 heteroatoms. The highest BCUT2D eigenvalue weighted by molar-refractivity contribution is 5.84. The van der Waals surface area contributed by atoms with E-state index in [1.165, 1.54) is 16.3 Å². The molecule has 1 aromatic carbocycles. The summed E-state index contributed by atoms with van der Waals surface area (Å²) in [5, 5.41) is 2.47. The summed E-state index contributed by atoms with van der Waals surface area (Å²) >= 11 is 0. The van der Waals surface area contributed by atoms with Crippen LogP contribution in [-0.4, -0.2) is 10.5 Å². The lowest BCUT2D eigenvalue weighted by atomic mass is 9.94. The molecule has 0 bridgehead atoms. The zero-order valence-electron chi connectivity index (χ0n) is 10.1. The first kappa shape index (κ1) is 11.1. The maximum Gasteiger partial charge on any atom is 0.0450 e. The van der Waals surface area contributed by atoms with Crippen LogP contribution in [0.1, 0.15) is 25.1 Å². The monoisotopic (exact) mass is 214 g/mol. The van der Waals surface area contributed by atoms with Gasteiger partial charge in [0.1, 0.15) is 0 Å². The Kier molecular flexibility index (Phi) is 2.68. The van der Waals surface area contributed by atoms with Crippen LogP contribution in [0.4, 0.5) is 0 Å². The highest BCUT2D eigenvalue weighted by Gasteiger charge is 2.11. The van der Waals surface area contributed by atoms with E-state index < -0.39 is 0 Å². The van der Waals surface area contributed by atoms with Gasteiger partial charge in [-0.05, 0) is 44.2 Å². The number of hydrogen-bond donors (Lipinski definition) is 1. The predicted molar refractivity (Wildman–Crippen MR) is 68.5 cm³/mol. The van der Waals surface area contributed by atoms with E-state index in [9.17, 15) is 0 Å². The van der Waals surface area contributed by atoms with E-state index in [1.807, 2.05) is 13.1 Å². The van der Waals surface area contributed by atoms with Crippen molar-refractivity contribution < 1.29 is 0 Å². The number of benzene rings is 1. The fourth-order valence-corrected chi connectivity index (χ4v) is 2.01. The number of pyridine rings is 1. The molecule has 0 unspecified atom stereocenters. The summed E-state index contributed by atoms with van der Waals surface area (Å²) in [6.07, 6.45) is 2.75. The molecule has 2 N–H and O–H groups in total.